The van der Waals surface area contributed by atoms with Gasteiger partial charge in [0.2, 0.25) is 5.91 Å². The molecule has 17 heavy (non-hydrogen) atoms. The largest absolute Gasteiger partial charge is 0.324 e. The lowest BCUT2D eigenvalue weighted by atomic mass is 10.1. The van der Waals surface area contributed by atoms with Gasteiger partial charge in [-0.25, -0.2) is 0 Å². The highest BCUT2D eigenvalue weighted by molar-refractivity contribution is 9.10. The van der Waals surface area contributed by atoms with Crippen LogP contribution >= 0.6 is 15.9 Å². The number of carbonyl (C=O) groups excluding carboxylic acids is 1. The van der Waals surface area contributed by atoms with E-state index < -0.39 is 4.32 Å². The van der Waals surface area contributed by atoms with Gasteiger partial charge in [-0.15, -0.1) is 0 Å². The Hall–Kier alpha value is -1.34. The minimum atomic E-state index is -0.640. The van der Waals surface area contributed by atoms with Crippen LogP contribution in [0.5, 0.6) is 0 Å². The van der Waals surface area contributed by atoms with Crippen molar-refractivity contribution in [2.75, 3.05) is 6.54 Å². The van der Waals surface area contributed by atoms with Crippen molar-refractivity contribution in [3.8, 4) is 6.07 Å². The van der Waals surface area contributed by atoms with Crippen molar-refractivity contribution < 1.29 is 4.79 Å². The van der Waals surface area contributed by atoms with Gasteiger partial charge in [-0.05, 0) is 19.4 Å². The average molecular weight is 295 g/mol. The zero-order chi connectivity index (χ0) is 12.9. The number of benzene rings is 1. The quantitative estimate of drug-likeness (QED) is 0.633. The Balaban J connectivity index is 2.81. The third-order valence-corrected chi connectivity index (χ3v) is 2.61. The summed E-state index contributed by atoms with van der Waals surface area (Å²) in [6, 6.07) is 11.7. The molecular formula is C13H15BrN2O. The second-order valence-corrected chi connectivity index (χ2v) is 6.26. The Morgan fingerprint density at radius 2 is 2.00 bits per heavy atom. The van der Waals surface area contributed by atoms with Gasteiger partial charge in [0, 0.05) is 6.54 Å². The Morgan fingerprint density at radius 1 is 1.41 bits per heavy atom. The molecule has 0 heterocycles. The smallest absolute Gasteiger partial charge is 0.240 e. The van der Waals surface area contributed by atoms with Gasteiger partial charge in [0.25, 0.3) is 0 Å². The number of carbonyl (C=O) groups is 1. The van der Waals surface area contributed by atoms with Gasteiger partial charge in [-0.3, -0.25) is 4.79 Å². The van der Waals surface area contributed by atoms with Gasteiger partial charge >= 0.3 is 0 Å². The summed E-state index contributed by atoms with van der Waals surface area (Å²) in [5.74, 6) is -0.0806. The van der Waals surface area contributed by atoms with E-state index in [-0.39, 0.29) is 12.5 Å². The van der Waals surface area contributed by atoms with Crippen molar-refractivity contribution in [1.82, 2.24) is 4.90 Å². The van der Waals surface area contributed by atoms with Crippen molar-refractivity contribution in [1.29, 1.82) is 5.26 Å². The number of nitrogens with zero attached hydrogens (tertiary/aromatic N) is 2. The molecule has 0 N–H and O–H groups in total. The summed E-state index contributed by atoms with van der Waals surface area (Å²) in [5, 5.41) is 8.77. The summed E-state index contributed by atoms with van der Waals surface area (Å²) < 4.78 is -0.640. The topological polar surface area (TPSA) is 44.1 Å². The fourth-order valence-corrected chi connectivity index (χ4v) is 1.72. The second-order valence-electron chi connectivity index (χ2n) is 4.28. The molecule has 0 aliphatic carbocycles. The van der Waals surface area contributed by atoms with E-state index in [1.807, 2.05) is 36.4 Å². The van der Waals surface area contributed by atoms with Crippen LogP contribution in [0.15, 0.2) is 30.3 Å². The maximum absolute atomic E-state index is 12.1. The average Bonchev–Trinajstić information content (AvgIpc) is 2.28. The fraction of sp³-hybridized carbons (Fsp3) is 0.385. The molecular weight excluding hydrogens is 280 g/mol. The van der Waals surface area contributed by atoms with Gasteiger partial charge in [0.1, 0.15) is 6.54 Å². The number of nitriles is 1. The highest BCUT2D eigenvalue weighted by Gasteiger charge is 2.28. The maximum atomic E-state index is 12.1. The van der Waals surface area contributed by atoms with E-state index in [2.05, 4.69) is 15.9 Å². The molecule has 0 saturated carbocycles. The Kier molecular flexibility index (Phi) is 4.71. The molecule has 90 valence electrons. The van der Waals surface area contributed by atoms with Gasteiger partial charge in [0.05, 0.1) is 10.4 Å². The third-order valence-electron chi connectivity index (χ3n) is 2.27. The van der Waals surface area contributed by atoms with Crippen LogP contribution in [0.1, 0.15) is 19.4 Å². The van der Waals surface area contributed by atoms with Gasteiger partial charge < -0.3 is 4.90 Å². The summed E-state index contributed by atoms with van der Waals surface area (Å²) >= 11 is 3.33. The highest BCUT2D eigenvalue weighted by atomic mass is 79.9. The molecule has 0 aromatic heterocycles. The summed E-state index contributed by atoms with van der Waals surface area (Å²) in [6.07, 6.45) is 0. The molecule has 0 spiro atoms. The number of rotatable bonds is 4. The van der Waals surface area contributed by atoms with Crippen LogP contribution < -0.4 is 0 Å². The van der Waals surface area contributed by atoms with E-state index >= 15 is 0 Å². The minimum absolute atomic E-state index is 0.0806. The van der Waals surface area contributed by atoms with E-state index in [9.17, 15) is 4.79 Å². The van der Waals surface area contributed by atoms with Crippen LogP contribution in [-0.4, -0.2) is 21.7 Å². The van der Waals surface area contributed by atoms with Crippen LogP contribution in [0.25, 0.3) is 0 Å². The Morgan fingerprint density at radius 3 is 2.47 bits per heavy atom. The van der Waals surface area contributed by atoms with E-state index in [0.29, 0.717) is 6.54 Å². The van der Waals surface area contributed by atoms with Crippen LogP contribution in [0.3, 0.4) is 0 Å². The molecule has 1 aromatic rings. The standard InChI is InChI=1S/C13H15BrN2O/c1-13(2,14)12(17)16(9-8-15)10-11-6-4-3-5-7-11/h3-7H,9-10H2,1-2H3. The van der Waals surface area contributed by atoms with E-state index in [4.69, 9.17) is 5.26 Å². The summed E-state index contributed by atoms with van der Waals surface area (Å²) in [6.45, 7) is 4.13. The zero-order valence-electron chi connectivity index (χ0n) is 9.98. The minimum Gasteiger partial charge on any atom is -0.324 e. The molecule has 0 aliphatic rings. The first-order valence-electron chi connectivity index (χ1n) is 5.34. The number of halogens is 1. The predicted octanol–water partition coefficient (Wildman–Crippen LogP) is 2.71. The van der Waals surface area contributed by atoms with Crippen molar-refractivity contribution in [3.05, 3.63) is 35.9 Å². The summed E-state index contributed by atoms with van der Waals surface area (Å²) in [4.78, 5) is 13.6. The highest BCUT2D eigenvalue weighted by Crippen LogP contribution is 2.20. The first-order chi connectivity index (χ1) is 7.95. The van der Waals surface area contributed by atoms with E-state index in [1.165, 1.54) is 0 Å². The van der Waals surface area contributed by atoms with E-state index in [0.717, 1.165) is 5.56 Å². The van der Waals surface area contributed by atoms with Gasteiger partial charge in [-0.1, -0.05) is 46.3 Å². The van der Waals surface area contributed by atoms with Crippen LogP contribution in [0, 0.1) is 11.3 Å². The number of hydrogen-bond donors (Lipinski definition) is 0. The summed E-state index contributed by atoms with van der Waals surface area (Å²) in [7, 11) is 0. The lowest BCUT2D eigenvalue weighted by Crippen LogP contribution is -2.41. The molecule has 4 heteroatoms. The molecule has 0 aliphatic heterocycles. The molecule has 1 amide bonds. The molecule has 3 nitrogen and oxygen atoms in total. The van der Waals surface area contributed by atoms with Crippen LogP contribution in [-0.2, 0) is 11.3 Å². The molecule has 0 fully saturated rings. The van der Waals surface area contributed by atoms with Crippen molar-refractivity contribution in [3.63, 3.8) is 0 Å². The van der Waals surface area contributed by atoms with Gasteiger partial charge in [0.15, 0.2) is 0 Å². The van der Waals surface area contributed by atoms with Crippen molar-refractivity contribution in [2.24, 2.45) is 0 Å². The number of amides is 1. The first kappa shape index (κ1) is 13.7. The van der Waals surface area contributed by atoms with Gasteiger partial charge in [-0.2, -0.15) is 5.26 Å². The number of alkyl halides is 1. The molecule has 1 rings (SSSR count). The SMILES string of the molecule is CC(C)(Br)C(=O)N(CC#N)Cc1ccccc1. The summed E-state index contributed by atoms with van der Waals surface area (Å²) in [5.41, 5.74) is 1.02. The predicted molar refractivity (Wildman–Crippen MR) is 70.5 cm³/mol. The van der Waals surface area contributed by atoms with Crippen molar-refractivity contribution >= 4 is 21.8 Å². The molecule has 0 saturated heterocycles. The maximum Gasteiger partial charge on any atom is 0.240 e. The Bertz CT molecular complexity index is 417. The third kappa shape index (κ3) is 4.20. The lowest BCUT2D eigenvalue weighted by molar-refractivity contribution is -0.132. The fourth-order valence-electron chi connectivity index (χ4n) is 1.46. The first-order valence-corrected chi connectivity index (χ1v) is 6.13. The van der Waals surface area contributed by atoms with Crippen molar-refractivity contribution in [2.45, 2.75) is 24.7 Å². The zero-order valence-corrected chi connectivity index (χ0v) is 11.6. The van der Waals surface area contributed by atoms with E-state index in [1.54, 1.807) is 18.7 Å². The second kappa shape index (κ2) is 5.83. The molecule has 0 radical (unpaired) electrons. The lowest BCUT2D eigenvalue weighted by Gasteiger charge is -2.26. The normalized spacial score (nSPS) is 10.7. The molecule has 1 aromatic carbocycles. The Labute approximate surface area is 110 Å². The van der Waals surface area contributed by atoms with Crippen LogP contribution in [0.2, 0.25) is 0 Å². The van der Waals surface area contributed by atoms with Crippen LogP contribution in [0.4, 0.5) is 0 Å². The molecule has 0 unspecified atom stereocenters. The monoisotopic (exact) mass is 294 g/mol. The number of hydrogen-bond acceptors (Lipinski definition) is 2. The molecule has 0 bridgehead atoms. The molecule has 0 atom stereocenters.